The number of benzene rings is 2. The van der Waals surface area contributed by atoms with E-state index in [2.05, 4.69) is 26.0 Å². The van der Waals surface area contributed by atoms with E-state index >= 15 is 4.79 Å². The molecule has 0 radical (unpaired) electrons. The fourth-order valence-electron chi connectivity index (χ4n) is 9.41. The number of carboxylic acid groups (broad SMARTS) is 1. The van der Waals surface area contributed by atoms with Crippen molar-refractivity contribution in [1.82, 2.24) is 26.2 Å². The van der Waals surface area contributed by atoms with Gasteiger partial charge in [0, 0.05) is 24.6 Å². The first-order valence-corrected chi connectivity index (χ1v) is 23.6. The number of non-ortho nitro benzene ring substituents is 1. The maximum atomic E-state index is 15.1. The van der Waals surface area contributed by atoms with E-state index < -0.39 is 111 Å². The van der Waals surface area contributed by atoms with Gasteiger partial charge >= 0.3 is 11.9 Å². The molecule has 69 heavy (non-hydrogen) atoms. The van der Waals surface area contributed by atoms with Gasteiger partial charge < -0.3 is 46.5 Å². The van der Waals surface area contributed by atoms with Crippen molar-refractivity contribution in [3.8, 4) is 5.75 Å². The zero-order valence-corrected chi connectivity index (χ0v) is 39.6. The summed E-state index contributed by atoms with van der Waals surface area (Å²) in [5, 5.41) is 32.5. The number of amides is 6. The topological polar surface area (TPSA) is 296 Å². The molecule has 2 aromatic carbocycles. The molecule has 0 unspecified atom stereocenters. The van der Waals surface area contributed by atoms with E-state index in [1.54, 1.807) is 51.1 Å². The lowest BCUT2D eigenvalue weighted by Crippen LogP contribution is -2.62. The number of aromatic carboxylic acids is 1. The second-order valence-electron chi connectivity index (χ2n) is 19.1. The summed E-state index contributed by atoms with van der Waals surface area (Å²) in [6, 6.07) is 5.32. The van der Waals surface area contributed by atoms with Gasteiger partial charge in [-0.3, -0.25) is 38.9 Å². The van der Waals surface area contributed by atoms with E-state index in [-0.39, 0.29) is 37.6 Å². The van der Waals surface area contributed by atoms with Gasteiger partial charge in [0.1, 0.15) is 42.1 Å². The Bertz CT molecular complexity index is 2230. The summed E-state index contributed by atoms with van der Waals surface area (Å²) in [5.74, 6) is -6.75. The Labute approximate surface area is 401 Å². The number of esters is 1. The molecule has 6 atom stereocenters. The summed E-state index contributed by atoms with van der Waals surface area (Å²) in [7, 11) is 1.17. The molecule has 5 rings (SSSR count). The predicted octanol–water partition coefficient (Wildman–Crippen LogP) is 4.10. The molecular weight excluding hydrogens is 895 g/mol. The number of rotatable bonds is 20. The van der Waals surface area contributed by atoms with Crippen molar-refractivity contribution in [2.45, 2.75) is 141 Å². The number of nitrogens with zero attached hydrogens (tertiary/aromatic N) is 2. The van der Waals surface area contributed by atoms with Crippen molar-refractivity contribution >= 4 is 53.1 Å². The highest BCUT2D eigenvalue weighted by molar-refractivity contribution is 6.07. The first-order chi connectivity index (χ1) is 32.8. The molecule has 0 aromatic heterocycles. The minimum absolute atomic E-state index is 0.00258. The molecule has 6 amide bonds. The quantitative estimate of drug-likeness (QED) is 0.0472. The number of methoxy groups -OCH3 is 1. The second kappa shape index (κ2) is 24.4. The lowest BCUT2D eigenvalue weighted by atomic mass is 9.81. The van der Waals surface area contributed by atoms with Crippen molar-refractivity contribution in [1.29, 1.82) is 0 Å². The average Bonchev–Trinajstić information content (AvgIpc) is 3.75. The highest BCUT2D eigenvalue weighted by atomic mass is 16.6. The van der Waals surface area contributed by atoms with Crippen LogP contribution in [0.1, 0.15) is 125 Å². The van der Waals surface area contributed by atoms with Gasteiger partial charge in [-0.15, -0.1) is 0 Å². The van der Waals surface area contributed by atoms with E-state index in [0.717, 1.165) is 75.6 Å². The number of para-hydroxylation sites is 1. The standard InChI is InChI=1S/C49H65N7O13/c1-49(2,3)41(54-44(60)36(22-14-15-23-38(57)68-4)51-43(59)35-26-31(56(66)67)24-25-34(35)48(64)65)47(63)55-28-33(69-32-20-12-7-13-21-32)27-37(55)45(61)53-40(30-18-10-6-11-19-30)46(62)52-39(42(50)58)29-16-8-5-9-17-29/h7,12-13,15,20-21,23-26,29-30,33,36-37,39-41H,5-6,8-11,14,16-19,22,27-28H2,1-4H3,(H2,50,58)(H,51,59)(H,52,62)(H,53,61)(H,54,60)(H,64,65)/b23-15+/t33-,36+,37+,39+,40+,41-/m1/s1. The van der Waals surface area contributed by atoms with Crippen molar-refractivity contribution < 1.29 is 57.9 Å². The van der Waals surface area contributed by atoms with Crippen LogP contribution in [0, 0.1) is 27.4 Å². The van der Waals surface area contributed by atoms with Crippen molar-refractivity contribution in [3.05, 3.63) is 81.9 Å². The number of carbonyl (C=O) groups excluding carboxylic acids is 7. The van der Waals surface area contributed by atoms with E-state index in [4.69, 9.17) is 10.5 Å². The lowest BCUT2D eigenvalue weighted by Gasteiger charge is -2.37. The maximum absolute atomic E-state index is 15.1. The molecule has 7 N–H and O–H groups in total. The Hall–Kier alpha value is -6.86. The molecule has 3 fully saturated rings. The molecule has 1 saturated heterocycles. The zero-order valence-electron chi connectivity index (χ0n) is 39.6. The van der Waals surface area contributed by atoms with Crippen LogP contribution in [0.2, 0.25) is 0 Å². The van der Waals surface area contributed by atoms with E-state index in [0.29, 0.717) is 18.6 Å². The number of hydrogen-bond acceptors (Lipinski definition) is 12. The van der Waals surface area contributed by atoms with Gasteiger partial charge in [-0.05, 0) is 74.0 Å². The number of primary amides is 1. The molecule has 2 aliphatic carbocycles. The lowest BCUT2D eigenvalue weighted by molar-refractivity contribution is -0.384. The third-order valence-corrected chi connectivity index (χ3v) is 13.1. The molecule has 2 saturated carbocycles. The molecule has 1 aliphatic heterocycles. The average molecular weight is 960 g/mol. The Morgan fingerprint density at radius 3 is 2.03 bits per heavy atom. The SMILES string of the molecule is COC(=O)/C=C/CC[C@H](NC(=O)c1cc([N+](=O)[O-])ccc1C(=O)O)C(=O)N[C@H](C(=O)N1C[C@H](Oc2ccccc2)C[C@H]1C(=O)N[C@H](C(=O)N[C@H](C(N)=O)C1CCCCC1)C1CCCCC1)C(C)(C)C. The third kappa shape index (κ3) is 14.6. The summed E-state index contributed by atoms with van der Waals surface area (Å²) in [6.45, 7) is 4.93. The van der Waals surface area contributed by atoms with Crippen LogP contribution in [0.3, 0.4) is 0 Å². The molecule has 3 aliphatic rings. The Morgan fingerprint density at radius 2 is 1.46 bits per heavy atom. The predicted molar refractivity (Wildman–Crippen MR) is 250 cm³/mol. The number of carboxylic acids is 1. The molecule has 20 nitrogen and oxygen atoms in total. The number of nitrogens with one attached hydrogen (secondary N) is 4. The smallest absolute Gasteiger partial charge is 0.336 e. The molecule has 0 spiro atoms. The van der Waals surface area contributed by atoms with Gasteiger partial charge in [-0.25, -0.2) is 9.59 Å². The summed E-state index contributed by atoms with van der Waals surface area (Å²) in [5.41, 5.74) is 3.05. The summed E-state index contributed by atoms with van der Waals surface area (Å²) < 4.78 is 10.9. The monoisotopic (exact) mass is 959 g/mol. The van der Waals surface area contributed by atoms with Crippen LogP contribution in [-0.2, 0) is 33.5 Å². The fourth-order valence-corrected chi connectivity index (χ4v) is 9.41. The number of likely N-dealkylation sites (tertiary alicyclic amines) is 1. The molecule has 0 bridgehead atoms. The van der Waals surface area contributed by atoms with Gasteiger partial charge in [0.15, 0.2) is 0 Å². The van der Waals surface area contributed by atoms with Crippen LogP contribution in [0.25, 0.3) is 0 Å². The number of nitrogens with two attached hydrogens (primary N) is 1. The van der Waals surface area contributed by atoms with Crippen LogP contribution in [0.15, 0.2) is 60.7 Å². The molecule has 2 aromatic rings. The Kier molecular flexibility index (Phi) is 18.8. The largest absolute Gasteiger partial charge is 0.488 e. The van der Waals surface area contributed by atoms with E-state index in [1.165, 1.54) is 18.1 Å². The van der Waals surface area contributed by atoms with Crippen LogP contribution in [0.4, 0.5) is 5.69 Å². The van der Waals surface area contributed by atoms with Crippen molar-refractivity contribution in [3.63, 3.8) is 0 Å². The molecule has 20 heteroatoms. The fraction of sp³-hybridized carbons (Fsp3) is 0.551. The Balaban J connectivity index is 1.46. The van der Waals surface area contributed by atoms with Crippen LogP contribution < -0.4 is 31.7 Å². The van der Waals surface area contributed by atoms with Gasteiger partial charge in [-0.1, -0.05) is 83.6 Å². The second-order valence-corrected chi connectivity index (χ2v) is 19.1. The van der Waals surface area contributed by atoms with Crippen molar-refractivity contribution in [2.24, 2.45) is 23.0 Å². The number of hydrogen-bond donors (Lipinski definition) is 6. The Morgan fingerprint density at radius 1 is 0.841 bits per heavy atom. The van der Waals surface area contributed by atoms with E-state index in [9.17, 15) is 48.8 Å². The van der Waals surface area contributed by atoms with E-state index in [1.807, 2.05) is 0 Å². The number of nitro benzene ring substituents is 1. The van der Waals surface area contributed by atoms with Gasteiger partial charge in [-0.2, -0.15) is 0 Å². The normalized spacial score (nSPS) is 19.6. The number of ether oxygens (including phenoxy) is 2. The highest BCUT2D eigenvalue weighted by Crippen LogP contribution is 2.32. The molecular formula is C49H65N7O13. The summed E-state index contributed by atoms with van der Waals surface area (Å²) in [6.07, 6.45) is 9.74. The third-order valence-electron chi connectivity index (χ3n) is 13.1. The van der Waals surface area contributed by atoms with Gasteiger partial charge in [0.2, 0.25) is 29.5 Å². The first kappa shape index (κ1) is 53.1. The highest BCUT2D eigenvalue weighted by Gasteiger charge is 2.47. The zero-order chi connectivity index (χ0) is 50.4. The van der Waals surface area contributed by atoms with Crippen molar-refractivity contribution in [2.75, 3.05) is 13.7 Å². The number of allylic oxidation sites excluding steroid dienone is 1. The number of carbonyl (C=O) groups is 8. The maximum Gasteiger partial charge on any atom is 0.336 e. The van der Waals surface area contributed by atoms with Crippen LogP contribution >= 0.6 is 0 Å². The number of nitro groups is 1. The van der Waals surface area contributed by atoms with Crippen LogP contribution in [-0.4, -0.2) is 112 Å². The molecule has 1 heterocycles. The minimum atomic E-state index is -1.56. The summed E-state index contributed by atoms with van der Waals surface area (Å²) in [4.78, 5) is 121. The minimum Gasteiger partial charge on any atom is -0.488 e. The first-order valence-electron chi connectivity index (χ1n) is 23.6. The molecule has 374 valence electrons. The summed E-state index contributed by atoms with van der Waals surface area (Å²) >= 11 is 0. The van der Waals surface area contributed by atoms with Crippen LogP contribution in [0.5, 0.6) is 5.75 Å². The van der Waals surface area contributed by atoms with Gasteiger partial charge in [0.25, 0.3) is 11.6 Å². The van der Waals surface area contributed by atoms with Gasteiger partial charge in [0.05, 0.1) is 29.7 Å².